The van der Waals surface area contributed by atoms with Gasteiger partial charge in [0, 0.05) is 41.3 Å². The Hall–Kier alpha value is -4.77. The predicted molar refractivity (Wildman–Crippen MR) is 170 cm³/mol. The molecular weight excluding hydrogens is 661 g/mol. The highest BCUT2D eigenvalue weighted by Gasteiger charge is 2.45. The predicted octanol–water partition coefficient (Wildman–Crippen LogP) is 5.76. The van der Waals surface area contributed by atoms with Crippen molar-refractivity contribution in [3.63, 3.8) is 0 Å². The molecule has 2 atom stereocenters. The first-order valence-electron chi connectivity index (χ1n) is 14.1. The van der Waals surface area contributed by atoms with E-state index in [4.69, 9.17) is 68.1 Å². The van der Waals surface area contributed by atoms with Gasteiger partial charge in [-0.15, -0.1) is 20.2 Å². The minimum absolute atomic E-state index is 0.304. The van der Waals surface area contributed by atoms with Gasteiger partial charge in [0.25, 0.3) is 10.2 Å². The zero-order valence-electron chi connectivity index (χ0n) is 25.3. The van der Waals surface area contributed by atoms with Crippen LogP contribution in [0.1, 0.15) is 25.8 Å². The Bertz CT molecular complexity index is 1560. The lowest BCUT2D eigenvalue weighted by Gasteiger charge is -2.30. The van der Waals surface area contributed by atoms with Crippen LogP contribution in [0.25, 0.3) is 11.3 Å². The first-order valence-corrected chi connectivity index (χ1v) is 14.8. The number of ether oxygens (including phenoxy) is 3. The number of imidazole rings is 1. The lowest BCUT2D eigenvalue weighted by molar-refractivity contribution is -0.742. The number of hydrogen-bond acceptors (Lipinski definition) is 11. The number of nitrogens with zero attached hydrogens (tertiary/aromatic N) is 6. The zero-order valence-corrected chi connectivity index (χ0v) is 26.8. The molecule has 5 rings (SSSR count). The molecule has 16 nitrogen and oxygen atoms in total. The van der Waals surface area contributed by atoms with E-state index >= 15 is 0 Å². The molecule has 0 amide bonds. The van der Waals surface area contributed by atoms with Gasteiger partial charge in [-0.1, -0.05) is 43.1 Å². The van der Waals surface area contributed by atoms with Crippen LogP contribution < -0.4 is 10.1 Å². The summed E-state index contributed by atoms with van der Waals surface area (Å²) < 4.78 is 20.7. The number of benzene rings is 2. The first-order chi connectivity index (χ1) is 22.4. The molecule has 0 saturated carbocycles. The second kappa shape index (κ2) is 17.8. The number of rotatable bonds is 11. The highest BCUT2D eigenvalue weighted by atomic mass is 35.5. The summed E-state index contributed by atoms with van der Waals surface area (Å²) in [7, 11) is 0. The molecule has 1 aliphatic heterocycles. The second-order valence-corrected chi connectivity index (χ2v) is 11.2. The van der Waals surface area contributed by atoms with Crippen molar-refractivity contribution in [2.45, 2.75) is 38.7 Å². The summed E-state index contributed by atoms with van der Waals surface area (Å²) in [6.45, 7) is 6.28. The molecule has 3 N–H and O–H groups in total. The van der Waals surface area contributed by atoms with Crippen molar-refractivity contribution in [2.24, 2.45) is 5.92 Å². The second-order valence-electron chi connectivity index (χ2n) is 10.3. The summed E-state index contributed by atoms with van der Waals surface area (Å²) >= 11 is 12.7. The molecule has 4 aromatic rings. The van der Waals surface area contributed by atoms with E-state index in [-0.39, 0.29) is 6.10 Å². The maximum Gasteiger partial charge on any atom is 0.291 e. The fourth-order valence-corrected chi connectivity index (χ4v) is 4.92. The van der Waals surface area contributed by atoms with Crippen LogP contribution >= 0.6 is 23.2 Å². The summed E-state index contributed by atoms with van der Waals surface area (Å²) in [5, 5.41) is 31.6. The standard InChI is InChI=1S/C29H31Cl2N5O3.2HNO3/c1-20(2)9-11-33-28-34-12-10-27(35-28)21-3-6-23(7-4-21)37-16-24-17-38-29(39-24,18-36-14-13-32-19-36)25-8-5-22(30)15-26(25)31;2*2-1(3)4/h3-8,10,12-15,19-20,24H,9,11,16-18H2,1-2H3,(H,33,34,35);2*(H,2,3,4)/t24-,29-;;/m1../s1. The molecule has 0 bridgehead atoms. The van der Waals surface area contributed by atoms with E-state index < -0.39 is 16.0 Å². The van der Waals surface area contributed by atoms with Crippen molar-refractivity contribution in [1.82, 2.24) is 19.5 Å². The van der Waals surface area contributed by atoms with Crippen molar-refractivity contribution in [3.8, 4) is 17.0 Å². The normalized spacial score (nSPS) is 16.7. The van der Waals surface area contributed by atoms with Crippen LogP contribution in [0.4, 0.5) is 5.95 Å². The summed E-state index contributed by atoms with van der Waals surface area (Å²) in [4.78, 5) is 29.8. The molecule has 47 heavy (non-hydrogen) atoms. The highest BCUT2D eigenvalue weighted by molar-refractivity contribution is 6.35. The van der Waals surface area contributed by atoms with E-state index in [1.54, 1.807) is 30.9 Å². The molecule has 0 radical (unpaired) electrons. The third kappa shape index (κ3) is 12.2. The Morgan fingerprint density at radius 1 is 1.11 bits per heavy atom. The number of halogens is 2. The van der Waals surface area contributed by atoms with Crippen LogP contribution in [0.15, 0.2) is 73.4 Å². The molecule has 252 valence electrons. The monoisotopic (exact) mass is 693 g/mol. The molecule has 1 aliphatic rings. The number of anilines is 1. The smallest absolute Gasteiger partial charge is 0.291 e. The van der Waals surface area contributed by atoms with Crippen LogP contribution in [0.5, 0.6) is 5.75 Å². The van der Waals surface area contributed by atoms with Crippen LogP contribution in [-0.2, 0) is 21.8 Å². The fraction of sp³-hybridized carbons (Fsp3) is 0.345. The van der Waals surface area contributed by atoms with Gasteiger partial charge in [-0.3, -0.25) is 0 Å². The van der Waals surface area contributed by atoms with Gasteiger partial charge in [-0.2, -0.15) is 0 Å². The third-order valence-electron chi connectivity index (χ3n) is 6.40. The van der Waals surface area contributed by atoms with E-state index in [9.17, 15) is 0 Å². The molecule has 2 aromatic heterocycles. The maximum atomic E-state index is 8.36. The molecular formula is C29H33Cl2N7O9. The lowest BCUT2D eigenvalue weighted by atomic mass is 10.1. The van der Waals surface area contributed by atoms with Crippen molar-refractivity contribution < 1.29 is 34.8 Å². The first kappa shape index (κ1) is 36.7. The van der Waals surface area contributed by atoms with E-state index in [0.29, 0.717) is 47.2 Å². The third-order valence-corrected chi connectivity index (χ3v) is 6.94. The van der Waals surface area contributed by atoms with Gasteiger partial charge in [-0.25, -0.2) is 15.0 Å². The lowest BCUT2D eigenvalue weighted by Crippen LogP contribution is -2.34. The van der Waals surface area contributed by atoms with E-state index in [1.165, 1.54) is 0 Å². The molecule has 2 aromatic carbocycles. The number of aromatic nitrogens is 4. The molecule has 1 fully saturated rings. The van der Waals surface area contributed by atoms with E-state index in [0.717, 1.165) is 30.0 Å². The van der Waals surface area contributed by atoms with Crippen molar-refractivity contribution >= 4 is 29.2 Å². The molecule has 3 heterocycles. The topological polar surface area (TPSA) is 210 Å². The average Bonchev–Trinajstić information content (AvgIpc) is 3.66. The highest BCUT2D eigenvalue weighted by Crippen LogP contribution is 2.40. The van der Waals surface area contributed by atoms with Crippen LogP contribution in [-0.4, -0.2) is 66.0 Å². The Labute approximate surface area is 279 Å². The van der Waals surface area contributed by atoms with Gasteiger partial charge in [0.15, 0.2) is 0 Å². The summed E-state index contributed by atoms with van der Waals surface area (Å²) in [6.07, 6.45) is 7.80. The largest absolute Gasteiger partial charge is 0.491 e. The summed E-state index contributed by atoms with van der Waals surface area (Å²) in [5.41, 5.74) is 2.53. The SMILES string of the molecule is CC(C)CCNc1nccc(-c2ccc(OC[C@@H]3CO[C@@](Cn4ccnc4)(c4ccc(Cl)cc4Cl)O3)cc2)n1.O=[N+]([O-])O.O=[N+]([O-])O. The molecule has 18 heteroatoms. The van der Waals surface area contributed by atoms with E-state index in [2.05, 4.69) is 34.1 Å². The Morgan fingerprint density at radius 3 is 2.43 bits per heavy atom. The van der Waals surface area contributed by atoms with Gasteiger partial charge in [0.1, 0.15) is 18.5 Å². The average molecular weight is 695 g/mol. The molecule has 0 spiro atoms. The van der Waals surface area contributed by atoms with E-state index in [1.807, 2.05) is 47.2 Å². The van der Waals surface area contributed by atoms with Crippen LogP contribution in [0, 0.1) is 26.1 Å². The molecule has 0 unspecified atom stereocenters. The fourth-order valence-electron chi connectivity index (χ4n) is 4.36. The van der Waals surface area contributed by atoms with Gasteiger partial charge >= 0.3 is 0 Å². The Kier molecular flexibility index (Phi) is 13.9. The number of nitrogens with one attached hydrogen (secondary N) is 1. The van der Waals surface area contributed by atoms with Crippen molar-refractivity contribution in [1.29, 1.82) is 0 Å². The summed E-state index contributed by atoms with van der Waals surface area (Å²) in [6, 6.07) is 15.0. The Morgan fingerprint density at radius 2 is 1.81 bits per heavy atom. The number of hydrogen-bond donors (Lipinski definition) is 3. The van der Waals surface area contributed by atoms with Crippen molar-refractivity contribution in [3.05, 3.63) is 109 Å². The molecule has 1 saturated heterocycles. The minimum Gasteiger partial charge on any atom is -0.491 e. The zero-order chi connectivity index (χ0) is 34.4. The van der Waals surface area contributed by atoms with Gasteiger partial charge in [0.05, 0.1) is 30.2 Å². The van der Waals surface area contributed by atoms with Gasteiger partial charge < -0.3 is 34.5 Å². The Balaban J connectivity index is 0.000000676. The minimum atomic E-state index is -1.50. The van der Waals surface area contributed by atoms with Crippen LogP contribution in [0.2, 0.25) is 10.0 Å². The van der Waals surface area contributed by atoms with Crippen molar-refractivity contribution in [2.75, 3.05) is 25.1 Å². The molecule has 0 aliphatic carbocycles. The summed E-state index contributed by atoms with van der Waals surface area (Å²) in [5.74, 6) is 0.890. The van der Waals surface area contributed by atoms with Crippen LogP contribution in [0.3, 0.4) is 0 Å². The van der Waals surface area contributed by atoms with Gasteiger partial charge in [0.2, 0.25) is 11.7 Å². The van der Waals surface area contributed by atoms with Gasteiger partial charge in [-0.05, 0) is 54.8 Å². The quantitative estimate of drug-likeness (QED) is 0.126. The maximum absolute atomic E-state index is 8.36.